The minimum atomic E-state index is -0.702. The first-order chi connectivity index (χ1) is 10.2. The summed E-state index contributed by atoms with van der Waals surface area (Å²) in [6, 6.07) is 10.1. The Kier molecular flexibility index (Phi) is 4.50. The molecule has 0 saturated heterocycles. The van der Waals surface area contributed by atoms with E-state index >= 15 is 0 Å². The van der Waals surface area contributed by atoms with Gasteiger partial charge in [0.25, 0.3) is 0 Å². The maximum atomic E-state index is 11.8. The fraction of sp³-hybridized carbons (Fsp3) is 0.133. The smallest absolute Gasteiger partial charge is 0.360 e. The number of hydrogen-bond acceptors (Lipinski definition) is 6. The first-order valence-electron chi connectivity index (χ1n) is 6.06. The zero-order valence-corrected chi connectivity index (χ0v) is 11.5. The molecule has 2 rings (SSSR count). The molecule has 0 radical (unpaired) electrons. The van der Waals surface area contributed by atoms with Gasteiger partial charge in [-0.05, 0) is 18.2 Å². The number of aromatic nitrogens is 1. The summed E-state index contributed by atoms with van der Waals surface area (Å²) in [7, 11) is 2.47. The van der Waals surface area contributed by atoms with Crippen molar-refractivity contribution in [1.82, 2.24) is 4.98 Å². The number of benzene rings is 1. The van der Waals surface area contributed by atoms with Gasteiger partial charge in [-0.1, -0.05) is 18.2 Å². The Morgan fingerprint density at radius 3 is 2.24 bits per heavy atom. The highest BCUT2D eigenvalue weighted by atomic mass is 16.5. The van der Waals surface area contributed by atoms with Gasteiger partial charge >= 0.3 is 11.9 Å². The van der Waals surface area contributed by atoms with E-state index in [1.54, 1.807) is 24.3 Å². The van der Waals surface area contributed by atoms with E-state index in [0.717, 1.165) is 0 Å². The molecule has 0 aliphatic rings. The zero-order chi connectivity index (χ0) is 15.2. The molecule has 0 spiro atoms. The molecule has 108 valence electrons. The lowest BCUT2D eigenvalue weighted by molar-refractivity contribution is 0.0588. The van der Waals surface area contributed by atoms with Crippen LogP contribution >= 0.6 is 0 Å². The third kappa shape index (κ3) is 3.17. The molecule has 1 heterocycles. The van der Waals surface area contributed by atoms with Crippen LogP contribution in [0.2, 0.25) is 0 Å². The van der Waals surface area contributed by atoms with Gasteiger partial charge in [0.1, 0.15) is 11.3 Å². The molecule has 0 amide bonds. The number of carbonyl (C=O) groups is 2. The standard InChI is InChI=1S/C15H13NO5/c1-19-14(17)11-8-9-16-12(15(18)20-2)13(11)21-10-6-4-3-5-7-10/h3-9H,1-2H3. The molecule has 21 heavy (non-hydrogen) atoms. The number of carbonyl (C=O) groups excluding carboxylic acids is 2. The fourth-order valence-corrected chi connectivity index (χ4v) is 1.67. The zero-order valence-electron chi connectivity index (χ0n) is 11.5. The van der Waals surface area contributed by atoms with Crippen LogP contribution in [0.25, 0.3) is 0 Å². The summed E-state index contributed by atoms with van der Waals surface area (Å²) in [6.07, 6.45) is 1.32. The van der Waals surface area contributed by atoms with Crippen molar-refractivity contribution < 1.29 is 23.8 Å². The van der Waals surface area contributed by atoms with Gasteiger partial charge < -0.3 is 14.2 Å². The number of hydrogen-bond donors (Lipinski definition) is 0. The highest BCUT2D eigenvalue weighted by Crippen LogP contribution is 2.29. The van der Waals surface area contributed by atoms with Crippen LogP contribution in [0, 0.1) is 0 Å². The van der Waals surface area contributed by atoms with Crippen LogP contribution < -0.4 is 4.74 Å². The molecule has 1 aromatic heterocycles. The SMILES string of the molecule is COC(=O)c1ccnc(C(=O)OC)c1Oc1ccccc1. The Morgan fingerprint density at radius 2 is 1.62 bits per heavy atom. The third-order valence-corrected chi connectivity index (χ3v) is 2.65. The normalized spacial score (nSPS) is 9.81. The Hall–Kier alpha value is -2.89. The topological polar surface area (TPSA) is 74.7 Å². The molecule has 0 aliphatic carbocycles. The maximum Gasteiger partial charge on any atom is 0.360 e. The van der Waals surface area contributed by atoms with Crippen LogP contribution in [0.4, 0.5) is 0 Å². The summed E-state index contributed by atoms with van der Waals surface area (Å²) >= 11 is 0. The summed E-state index contributed by atoms with van der Waals surface area (Å²) in [5.74, 6) is -0.872. The fourth-order valence-electron chi connectivity index (χ4n) is 1.67. The number of pyridine rings is 1. The van der Waals surface area contributed by atoms with E-state index < -0.39 is 11.9 Å². The second kappa shape index (κ2) is 6.51. The Labute approximate surface area is 121 Å². The first-order valence-corrected chi connectivity index (χ1v) is 6.06. The minimum Gasteiger partial charge on any atom is -0.465 e. The monoisotopic (exact) mass is 287 g/mol. The van der Waals surface area contributed by atoms with Crippen molar-refractivity contribution >= 4 is 11.9 Å². The first kappa shape index (κ1) is 14.5. The third-order valence-electron chi connectivity index (χ3n) is 2.65. The van der Waals surface area contributed by atoms with Gasteiger partial charge in [-0.2, -0.15) is 0 Å². The van der Waals surface area contributed by atoms with E-state index in [4.69, 9.17) is 4.74 Å². The molecule has 0 aliphatic heterocycles. The van der Waals surface area contributed by atoms with Gasteiger partial charge in [0.15, 0.2) is 11.4 Å². The van der Waals surface area contributed by atoms with Crippen LogP contribution in [0.3, 0.4) is 0 Å². The lowest BCUT2D eigenvalue weighted by Crippen LogP contribution is -2.11. The molecular weight excluding hydrogens is 274 g/mol. The van der Waals surface area contributed by atoms with Crippen LogP contribution in [0.1, 0.15) is 20.8 Å². The molecular formula is C15H13NO5. The van der Waals surface area contributed by atoms with Crippen molar-refractivity contribution in [2.45, 2.75) is 0 Å². The minimum absolute atomic E-state index is 0.00222. The van der Waals surface area contributed by atoms with Crippen molar-refractivity contribution in [3.8, 4) is 11.5 Å². The number of esters is 2. The number of methoxy groups -OCH3 is 2. The van der Waals surface area contributed by atoms with Crippen LogP contribution in [0.5, 0.6) is 11.5 Å². The van der Waals surface area contributed by atoms with Crippen LogP contribution in [-0.2, 0) is 9.47 Å². The summed E-state index contributed by atoms with van der Waals surface area (Å²) in [5, 5.41) is 0. The van der Waals surface area contributed by atoms with E-state index in [2.05, 4.69) is 14.5 Å². The van der Waals surface area contributed by atoms with E-state index in [1.807, 2.05) is 6.07 Å². The predicted octanol–water partition coefficient (Wildman–Crippen LogP) is 2.45. The predicted molar refractivity (Wildman–Crippen MR) is 73.4 cm³/mol. The molecule has 0 saturated carbocycles. The largest absolute Gasteiger partial charge is 0.465 e. The quantitative estimate of drug-likeness (QED) is 0.804. The van der Waals surface area contributed by atoms with Crippen LogP contribution in [-0.4, -0.2) is 31.1 Å². The van der Waals surface area contributed by atoms with Gasteiger partial charge in [-0.3, -0.25) is 0 Å². The van der Waals surface area contributed by atoms with Gasteiger partial charge in [0.05, 0.1) is 14.2 Å². The van der Waals surface area contributed by atoms with Gasteiger partial charge in [0, 0.05) is 6.20 Å². The Balaban J connectivity index is 2.53. The summed E-state index contributed by atoms with van der Waals surface area (Å²) in [5.41, 5.74) is 0.000932. The molecule has 0 unspecified atom stereocenters. The number of nitrogens with zero attached hydrogens (tertiary/aromatic N) is 1. The Morgan fingerprint density at radius 1 is 0.952 bits per heavy atom. The van der Waals surface area contributed by atoms with Crippen molar-refractivity contribution in [2.24, 2.45) is 0 Å². The molecule has 0 fully saturated rings. The maximum absolute atomic E-state index is 11.8. The van der Waals surface area contributed by atoms with Crippen molar-refractivity contribution in [2.75, 3.05) is 14.2 Å². The lowest BCUT2D eigenvalue weighted by atomic mass is 10.2. The van der Waals surface area contributed by atoms with Gasteiger partial charge in [0.2, 0.25) is 0 Å². The molecule has 2 aromatic rings. The van der Waals surface area contributed by atoms with E-state index in [-0.39, 0.29) is 17.0 Å². The average molecular weight is 287 g/mol. The van der Waals surface area contributed by atoms with E-state index in [0.29, 0.717) is 5.75 Å². The highest BCUT2D eigenvalue weighted by Gasteiger charge is 2.23. The number of para-hydroxylation sites is 1. The van der Waals surface area contributed by atoms with E-state index in [1.165, 1.54) is 26.5 Å². The number of rotatable bonds is 4. The molecule has 6 nitrogen and oxygen atoms in total. The second-order valence-corrected chi connectivity index (χ2v) is 3.93. The van der Waals surface area contributed by atoms with Gasteiger partial charge in [-0.15, -0.1) is 0 Å². The summed E-state index contributed by atoms with van der Waals surface area (Å²) in [6.45, 7) is 0. The summed E-state index contributed by atoms with van der Waals surface area (Å²) in [4.78, 5) is 27.5. The summed E-state index contributed by atoms with van der Waals surface area (Å²) < 4.78 is 15.0. The second-order valence-electron chi connectivity index (χ2n) is 3.93. The molecule has 0 bridgehead atoms. The lowest BCUT2D eigenvalue weighted by Gasteiger charge is -2.12. The average Bonchev–Trinajstić information content (AvgIpc) is 2.54. The Bertz CT molecular complexity index is 620. The van der Waals surface area contributed by atoms with Crippen molar-refractivity contribution in [3.05, 3.63) is 53.9 Å². The molecule has 1 aromatic carbocycles. The van der Waals surface area contributed by atoms with Crippen LogP contribution in [0.15, 0.2) is 42.6 Å². The van der Waals surface area contributed by atoms with Gasteiger partial charge in [-0.25, -0.2) is 14.6 Å². The van der Waals surface area contributed by atoms with E-state index in [9.17, 15) is 9.59 Å². The molecule has 0 atom stereocenters. The molecule has 6 heteroatoms. The number of ether oxygens (including phenoxy) is 3. The van der Waals surface area contributed by atoms with Crippen molar-refractivity contribution in [1.29, 1.82) is 0 Å². The highest BCUT2D eigenvalue weighted by molar-refractivity contribution is 5.98. The van der Waals surface area contributed by atoms with Crippen molar-refractivity contribution in [3.63, 3.8) is 0 Å². The molecule has 0 N–H and O–H groups in total.